The number of benzene rings is 3. The number of hydrogen-bond donors (Lipinski definition) is 3. The van der Waals surface area contributed by atoms with Crippen molar-refractivity contribution in [2.75, 3.05) is 17.2 Å². The first-order valence-electron chi connectivity index (χ1n) is 9.26. The molecule has 7 heteroatoms. The summed E-state index contributed by atoms with van der Waals surface area (Å²) in [6.45, 7) is 2.28. The van der Waals surface area contributed by atoms with Gasteiger partial charge < -0.3 is 20.5 Å². The first-order chi connectivity index (χ1) is 14.4. The summed E-state index contributed by atoms with van der Waals surface area (Å²) in [5, 5.41) is 15.4. The molecule has 0 aliphatic heterocycles. The topological polar surface area (TPSA) is 87.7 Å². The van der Waals surface area contributed by atoms with Gasteiger partial charge in [0, 0.05) is 12.2 Å². The SMILES string of the molecule is Cc1ccc(NC(=O)COc2cccc(CNc3cc(C(=O)O)ccc3Cl)c2)cc1. The van der Waals surface area contributed by atoms with Gasteiger partial charge in [0.2, 0.25) is 0 Å². The second-order valence-corrected chi connectivity index (χ2v) is 7.11. The molecule has 154 valence electrons. The minimum atomic E-state index is -1.02. The fraction of sp³-hybridized carbons (Fsp3) is 0.130. The van der Waals surface area contributed by atoms with E-state index >= 15 is 0 Å². The van der Waals surface area contributed by atoms with E-state index in [-0.39, 0.29) is 18.1 Å². The molecule has 0 radical (unpaired) electrons. The van der Waals surface area contributed by atoms with E-state index in [1.54, 1.807) is 18.2 Å². The van der Waals surface area contributed by atoms with Crippen LogP contribution in [0.2, 0.25) is 5.02 Å². The summed E-state index contributed by atoms with van der Waals surface area (Å²) >= 11 is 6.13. The number of carboxylic acid groups (broad SMARTS) is 1. The molecule has 0 spiro atoms. The lowest BCUT2D eigenvalue weighted by atomic mass is 10.1. The predicted octanol–water partition coefficient (Wildman–Crippen LogP) is 4.98. The molecular weight excluding hydrogens is 404 g/mol. The molecule has 0 aliphatic carbocycles. The second-order valence-electron chi connectivity index (χ2n) is 6.70. The quantitative estimate of drug-likeness (QED) is 0.475. The van der Waals surface area contributed by atoms with Crippen molar-refractivity contribution in [1.82, 2.24) is 0 Å². The molecule has 3 N–H and O–H groups in total. The molecule has 3 aromatic rings. The Morgan fingerprint density at radius 2 is 1.80 bits per heavy atom. The van der Waals surface area contributed by atoms with Gasteiger partial charge in [0.15, 0.2) is 6.61 Å². The highest BCUT2D eigenvalue weighted by Crippen LogP contribution is 2.24. The summed E-state index contributed by atoms with van der Waals surface area (Å²) in [6, 6.07) is 19.3. The van der Waals surface area contributed by atoms with Gasteiger partial charge in [-0.25, -0.2) is 4.79 Å². The van der Waals surface area contributed by atoms with Gasteiger partial charge in [0.05, 0.1) is 16.3 Å². The van der Waals surface area contributed by atoms with Gasteiger partial charge >= 0.3 is 5.97 Å². The normalized spacial score (nSPS) is 10.3. The fourth-order valence-corrected chi connectivity index (χ4v) is 2.90. The summed E-state index contributed by atoms with van der Waals surface area (Å²) in [6.07, 6.45) is 0. The zero-order valence-corrected chi connectivity index (χ0v) is 17.1. The number of ether oxygens (including phenoxy) is 1. The third-order valence-electron chi connectivity index (χ3n) is 4.30. The first kappa shape index (κ1) is 21.2. The minimum absolute atomic E-state index is 0.114. The summed E-state index contributed by atoms with van der Waals surface area (Å²) in [7, 11) is 0. The molecule has 3 rings (SSSR count). The summed E-state index contributed by atoms with van der Waals surface area (Å²) in [5.74, 6) is -0.715. The van der Waals surface area contributed by atoms with Crippen LogP contribution in [-0.4, -0.2) is 23.6 Å². The molecule has 0 saturated heterocycles. The minimum Gasteiger partial charge on any atom is -0.484 e. The zero-order valence-electron chi connectivity index (χ0n) is 16.3. The number of aryl methyl sites for hydroxylation is 1. The molecule has 3 aromatic carbocycles. The van der Waals surface area contributed by atoms with Crippen LogP contribution in [0.5, 0.6) is 5.75 Å². The van der Waals surface area contributed by atoms with Crippen LogP contribution in [0.4, 0.5) is 11.4 Å². The number of amides is 1. The Morgan fingerprint density at radius 1 is 1.03 bits per heavy atom. The van der Waals surface area contributed by atoms with Gasteiger partial charge in [-0.05, 0) is 55.0 Å². The van der Waals surface area contributed by atoms with Crippen LogP contribution >= 0.6 is 11.6 Å². The number of carboxylic acids is 1. The molecule has 0 aromatic heterocycles. The van der Waals surface area contributed by atoms with Crippen LogP contribution in [0.1, 0.15) is 21.5 Å². The van der Waals surface area contributed by atoms with Crippen LogP contribution < -0.4 is 15.4 Å². The van der Waals surface area contributed by atoms with E-state index in [1.807, 2.05) is 43.3 Å². The smallest absolute Gasteiger partial charge is 0.335 e. The molecule has 0 bridgehead atoms. The van der Waals surface area contributed by atoms with E-state index in [9.17, 15) is 9.59 Å². The standard InChI is InChI=1S/C23H21ClN2O4/c1-15-5-8-18(9-6-15)26-22(27)14-30-19-4-2-3-16(11-19)13-25-21-12-17(23(28)29)7-10-20(21)24/h2-12,25H,13-14H2,1H3,(H,26,27)(H,28,29). The Morgan fingerprint density at radius 3 is 2.53 bits per heavy atom. The molecule has 0 atom stereocenters. The number of carbonyl (C=O) groups excluding carboxylic acids is 1. The summed E-state index contributed by atoms with van der Waals surface area (Å²) in [5.41, 5.74) is 3.40. The average Bonchev–Trinajstić information content (AvgIpc) is 2.73. The number of anilines is 2. The van der Waals surface area contributed by atoms with E-state index in [4.69, 9.17) is 21.4 Å². The van der Waals surface area contributed by atoms with Crippen molar-refractivity contribution in [3.05, 3.63) is 88.4 Å². The number of carbonyl (C=O) groups is 2. The number of hydrogen-bond acceptors (Lipinski definition) is 4. The molecule has 0 fully saturated rings. The van der Waals surface area contributed by atoms with Crippen LogP contribution in [0, 0.1) is 6.92 Å². The van der Waals surface area contributed by atoms with Gasteiger partial charge in [-0.3, -0.25) is 4.79 Å². The number of nitrogens with one attached hydrogen (secondary N) is 2. The molecule has 0 heterocycles. The van der Waals surface area contributed by atoms with Crippen LogP contribution in [0.15, 0.2) is 66.7 Å². The monoisotopic (exact) mass is 424 g/mol. The average molecular weight is 425 g/mol. The van der Waals surface area contributed by atoms with Gasteiger partial charge in [-0.15, -0.1) is 0 Å². The van der Waals surface area contributed by atoms with E-state index in [2.05, 4.69) is 10.6 Å². The summed E-state index contributed by atoms with van der Waals surface area (Å²) in [4.78, 5) is 23.2. The Balaban J connectivity index is 1.56. The lowest BCUT2D eigenvalue weighted by Gasteiger charge is -2.11. The Bertz CT molecular complexity index is 1050. The van der Waals surface area contributed by atoms with E-state index in [0.717, 1.165) is 11.1 Å². The fourth-order valence-electron chi connectivity index (χ4n) is 2.72. The highest BCUT2D eigenvalue weighted by atomic mass is 35.5. The van der Waals surface area contributed by atoms with Gasteiger partial charge in [-0.2, -0.15) is 0 Å². The summed E-state index contributed by atoms with van der Waals surface area (Å²) < 4.78 is 5.59. The molecule has 30 heavy (non-hydrogen) atoms. The first-order valence-corrected chi connectivity index (χ1v) is 9.63. The molecular formula is C23H21ClN2O4. The van der Waals surface area contributed by atoms with Crippen LogP contribution in [-0.2, 0) is 11.3 Å². The largest absolute Gasteiger partial charge is 0.484 e. The predicted molar refractivity (Wildman–Crippen MR) is 117 cm³/mol. The Labute approximate surface area is 179 Å². The number of aromatic carboxylic acids is 1. The van der Waals surface area contributed by atoms with Crippen molar-refractivity contribution < 1.29 is 19.4 Å². The highest BCUT2D eigenvalue weighted by molar-refractivity contribution is 6.33. The second kappa shape index (κ2) is 9.80. The van der Waals surface area contributed by atoms with Crippen molar-refractivity contribution in [1.29, 1.82) is 0 Å². The maximum absolute atomic E-state index is 12.1. The van der Waals surface area contributed by atoms with Crippen LogP contribution in [0.25, 0.3) is 0 Å². The maximum atomic E-state index is 12.1. The van der Waals surface area contributed by atoms with E-state index in [1.165, 1.54) is 12.1 Å². The van der Waals surface area contributed by atoms with Crippen molar-refractivity contribution >= 4 is 34.9 Å². The van der Waals surface area contributed by atoms with Crippen LogP contribution in [0.3, 0.4) is 0 Å². The molecule has 1 amide bonds. The number of halogens is 1. The van der Waals surface area contributed by atoms with Crippen molar-refractivity contribution in [2.24, 2.45) is 0 Å². The lowest BCUT2D eigenvalue weighted by molar-refractivity contribution is -0.118. The molecule has 6 nitrogen and oxygen atoms in total. The van der Waals surface area contributed by atoms with Crippen molar-refractivity contribution in [2.45, 2.75) is 13.5 Å². The Kier molecular flexibility index (Phi) is 6.93. The molecule has 0 saturated carbocycles. The Hall–Kier alpha value is -3.51. The van der Waals surface area contributed by atoms with E-state index < -0.39 is 5.97 Å². The maximum Gasteiger partial charge on any atom is 0.335 e. The van der Waals surface area contributed by atoms with Crippen molar-refractivity contribution in [3.8, 4) is 5.75 Å². The molecule has 0 unspecified atom stereocenters. The number of rotatable bonds is 8. The third kappa shape index (κ3) is 5.99. The third-order valence-corrected chi connectivity index (χ3v) is 4.63. The van der Waals surface area contributed by atoms with Gasteiger partial charge in [0.25, 0.3) is 5.91 Å². The van der Waals surface area contributed by atoms with Crippen molar-refractivity contribution in [3.63, 3.8) is 0 Å². The highest BCUT2D eigenvalue weighted by Gasteiger charge is 2.08. The zero-order chi connectivity index (χ0) is 21.5. The van der Waals surface area contributed by atoms with E-state index in [0.29, 0.717) is 28.7 Å². The molecule has 0 aliphatic rings. The van der Waals surface area contributed by atoms with Gasteiger partial charge in [-0.1, -0.05) is 41.4 Å². The van der Waals surface area contributed by atoms with Gasteiger partial charge in [0.1, 0.15) is 5.75 Å². The lowest BCUT2D eigenvalue weighted by Crippen LogP contribution is -2.20.